The number of anilines is 2. The molecule has 0 saturated heterocycles. The topological polar surface area (TPSA) is 106 Å². The van der Waals surface area contributed by atoms with Crippen LogP contribution in [0, 0.1) is 0 Å². The molecule has 0 spiro atoms. The first-order chi connectivity index (χ1) is 12.1. The van der Waals surface area contributed by atoms with Gasteiger partial charge in [-0.15, -0.1) is 0 Å². The van der Waals surface area contributed by atoms with Gasteiger partial charge in [0.2, 0.25) is 5.91 Å². The Hall–Kier alpha value is -2.35. The summed E-state index contributed by atoms with van der Waals surface area (Å²) in [5.41, 5.74) is 6.48. The molecule has 2 rings (SSSR count). The van der Waals surface area contributed by atoms with Gasteiger partial charge in [-0.3, -0.25) is 9.79 Å². The van der Waals surface area contributed by atoms with Crippen LogP contribution in [0.5, 0.6) is 0 Å². The molecule has 0 aliphatic carbocycles. The number of carbonyl (C=O) groups excluding carboxylic acids is 1. The zero-order chi connectivity index (χ0) is 18.1. The number of furan rings is 1. The molecule has 8 heteroatoms. The maximum Gasteiger partial charge on any atom is 0.217 e. The van der Waals surface area contributed by atoms with Gasteiger partial charge in [0.05, 0.1) is 12.9 Å². The van der Waals surface area contributed by atoms with Gasteiger partial charge in [-0.05, 0) is 18.6 Å². The van der Waals surface area contributed by atoms with Crippen LogP contribution in [0.15, 0.2) is 21.5 Å². The van der Waals surface area contributed by atoms with Gasteiger partial charge in [0.15, 0.2) is 10.9 Å². The number of amides is 1. The number of nitrogens with zero attached hydrogens (tertiary/aromatic N) is 2. The first-order valence-corrected chi connectivity index (χ1v) is 9.26. The van der Waals surface area contributed by atoms with Crippen LogP contribution in [0.3, 0.4) is 0 Å². The van der Waals surface area contributed by atoms with Crippen molar-refractivity contribution in [3.8, 4) is 11.5 Å². The minimum atomic E-state index is -0.103. The normalized spacial score (nSPS) is 11.1. The van der Waals surface area contributed by atoms with Gasteiger partial charge < -0.3 is 20.8 Å². The van der Waals surface area contributed by atoms with E-state index in [-0.39, 0.29) is 5.91 Å². The second-order valence-corrected chi connectivity index (χ2v) is 6.68. The van der Waals surface area contributed by atoms with Gasteiger partial charge in [0, 0.05) is 13.5 Å². The van der Waals surface area contributed by atoms with E-state index in [0.29, 0.717) is 28.9 Å². The monoisotopic (exact) mass is 363 g/mol. The molecule has 0 fully saturated rings. The lowest BCUT2D eigenvalue weighted by molar-refractivity contribution is -0.119. The number of thiazole rings is 1. The lowest BCUT2D eigenvalue weighted by Crippen LogP contribution is -2.18. The van der Waals surface area contributed by atoms with E-state index in [1.807, 2.05) is 12.1 Å². The number of aliphatic imine (C=N–C) groups is 1. The van der Waals surface area contributed by atoms with E-state index in [1.165, 1.54) is 37.5 Å². The molecule has 0 aliphatic rings. The number of carbonyl (C=O) groups is 1. The average molecular weight is 363 g/mol. The molecule has 0 saturated carbocycles. The zero-order valence-corrected chi connectivity index (χ0v) is 15.5. The Balaban J connectivity index is 1.95. The molecule has 4 N–H and O–H groups in total. The molecule has 2 aromatic heterocycles. The van der Waals surface area contributed by atoms with E-state index < -0.39 is 0 Å². The van der Waals surface area contributed by atoms with E-state index in [4.69, 9.17) is 10.2 Å². The van der Waals surface area contributed by atoms with Gasteiger partial charge in [0.1, 0.15) is 16.5 Å². The standard InChI is InChI=1S/C17H25N5O2S/c1-3-4-5-6-9-19-11-21-16-15(22-17(18)25-16)14-8-7-13(24-14)10-20-12(2)23/h7-8,11H,3-6,9-10H2,1-2H3,(H2,18,22)(H,19,21)(H,20,23). The maximum atomic E-state index is 11.0. The predicted molar refractivity (Wildman–Crippen MR) is 103 cm³/mol. The minimum absolute atomic E-state index is 0.103. The molecular formula is C17H25N5O2S. The summed E-state index contributed by atoms with van der Waals surface area (Å²) in [7, 11) is 0. The van der Waals surface area contributed by atoms with Crippen molar-refractivity contribution in [2.75, 3.05) is 17.6 Å². The SMILES string of the molecule is CCCCCCN=CNc1sc(N)nc1-c1ccc(CNC(C)=O)o1. The summed E-state index contributed by atoms with van der Waals surface area (Å²) < 4.78 is 5.74. The van der Waals surface area contributed by atoms with Crippen LogP contribution in [-0.2, 0) is 11.3 Å². The highest BCUT2D eigenvalue weighted by atomic mass is 32.1. The summed E-state index contributed by atoms with van der Waals surface area (Å²) in [5, 5.41) is 7.07. The molecule has 0 bridgehead atoms. The molecule has 2 heterocycles. The Bertz CT molecular complexity index is 708. The molecule has 136 valence electrons. The summed E-state index contributed by atoms with van der Waals surface area (Å²) in [6.45, 7) is 4.81. The van der Waals surface area contributed by atoms with Crippen molar-refractivity contribution >= 4 is 33.7 Å². The Kier molecular flexibility index (Phi) is 7.46. The highest BCUT2D eigenvalue weighted by molar-refractivity contribution is 7.20. The number of hydrogen-bond acceptors (Lipinski definition) is 6. The van der Waals surface area contributed by atoms with Crippen molar-refractivity contribution < 1.29 is 9.21 Å². The van der Waals surface area contributed by atoms with Crippen molar-refractivity contribution in [2.24, 2.45) is 4.99 Å². The smallest absolute Gasteiger partial charge is 0.217 e. The van der Waals surface area contributed by atoms with Gasteiger partial charge in [-0.25, -0.2) is 4.98 Å². The van der Waals surface area contributed by atoms with Crippen LogP contribution >= 0.6 is 11.3 Å². The molecule has 2 aromatic rings. The van der Waals surface area contributed by atoms with Crippen LogP contribution in [0.1, 0.15) is 45.3 Å². The average Bonchev–Trinajstić information content (AvgIpc) is 3.18. The van der Waals surface area contributed by atoms with Crippen LogP contribution in [-0.4, -0.2) is 23.8 Å². The largest absolute Gasteiger partial charge is 0.457 e. The van der Waals surface area contributed by atoms with E-state index in [1.54, 1.807) is 6.34 Å². The third kappa shape index (κ3) is 6.22. The lowest BCUT2D eigenvalue weighted by Gasteiger charge is -2.00. The third-order valence-corrected chi connectivity index (χ3v) is 4.29. The molecule has 0 radical (unpaired) electrons. The van der Waals surface area contributed by atoms with E-state index in [2.05, 4.69) is 27.5 Å². The fourth-order valence-electron chi connectivity index (χ4n) is 2.21. The van der Waals surface area contributed by atoms with Gasteiger partial charge in [-0.2, -0.15) is 0 Å². The van der Waals surface area contributed by atoms with Crippen LogP contribution < -0.4 is 16.4 Å². The number of nitrogens with one attached hydrogen (secondary N) is 2. The highest BCUT2D eigenvalue weighted by Crippen LogP contribution is 2.35. The fourth-order valence-corrected chi connectivity index (χ4v) is 2.91. The van der Waals surface area contributed by atoms with Crippen molar-refractivity contribution in [3.63, 3.8) is 0 Å². The van der Waals surface area contributed by atoms with Crippen LogP contribution in [0.2, 0.25) is 0 Å². The van der Waals surface area contributed by atoms with E-state index in [9.17, 15) is 4.79 Å². The van der Waals surface area contributed by atoms with Crippen molar-refractivity contribution in [1.29, 1.82) is 0 Å². The summed E-state index contributed by atoms with van der Waals surface area (Å²) in [6, 6.07) is 3.63. The summed E-state index contributed by atoms with van der Waals surface area (Å²) in [4.78, 5) is 19.7. The molecule has 0 unspecified atom stereocenters. The van der Waals surface area contributed by atoms with Crippen LogP contribution in [0.4, 0.5) is 10.1 Å². The summed E-state index contributed by atoms with van der Waals surface area (Å²) >= 11 is 1.34. The second kappa shape index (κ2) is 9.83. The first-order valence-electron chi connectivity index (χ1n) is 8.44. The summed E-state index contributed by atoms with van der Waals surface area (Å²) in [5.74, 6) is 1.16. The quantitative estimate of drug-likeness (QED) is 0.339. The Labute approximate surface area is 151 Å². The minimum Gasteiger partial charge on any atom is -0.457 e. The molecule has 0 aliphatic heterocycles. The lowest BCUT2D eigenvalue weighted by atomic mass is 10.2. The Morgan fingerprint density at radius 2 is 2.24 bits per heavy atom. The number of hydrogen-bond donors (Lipinski definition) is 3. The van der Waals surface area contributed by atoms with Gasteiger partial charge >= 0.3 is 0 Å². The van der Waals surface area contributed by atoms with Gasteiger partial charge in [0.25, 0.3) is 0 Å². The number of aromatic nitrogens is 1. The third-order valence-electron chi connectivity index (χ3n) is 3.48. The Morgan fingerprint density at radius 1 is 1.40 bits per heavy atom. The first kappa shape index (κ1) is 19.0. The molecular weight excluding hydrogens is 338 g/mol. The second-order valence-electron chi connectivity index (χ2n) is 5.65. The highest BCUT2D eigenvalue weighted by Gasteiger charge is 2.15. The van der Waals surface area contributed by atoms with Crippen LogP contribution in [0.25, 0.3) is 11.5 Å². The molecule has 0 aromatic carbocycles. The fraction of sp³-hybridized carbons (Fsp3) is 0.471. The Morgan fingerprint density at radius 3 is 3.00 bits per heavy atom. The van der Waals surface area contributed by atoms with Crippen molar-refractivity contribution in [1.82, 2.24) is 10.3 Å². The molecule has 1 amide bonds. The zero-order valence-electron chi connectivity index (χ0n) is 14.7. The number of rotatable bonds is 10. The van der Waals surface area contributed by atoms with Gasteiger partial charge in [-0.1, -0.05) is 37.5 Å². The number of unbranched alkanes of at least 4 members (excludes halogenated alkanes) is 3. The molecule has 25 heavy (non-hydrogen) atoms. The molecule has 7 nitrogen and oxygen atoms in total. The summed E-state index contributed by atoms with van der Waals surface area (Å²) in [6.07, 6.45) is 6.45. The van der Waals surface area contributed by atoms with Crippen molar-refractivity contribution in [2.45, 2.75) is 46.1 Å². The van der Waals surface area contributed by atoms with E-state index in [0.717, 1.165) is 18.0 Å². The van der Waals surface area contributed by atoms with E-state index >= 15 is 0 Å². The maximum absolute atomic E-state index is 11.0. The number of nitrogen functional groups attached to an aromatic ring is 1. The van der Waals surface area contributed by atoms with Crippen molar-refractivity contribution in [3.05, 3.63) is 17.9 Å². The number of nitrogens with two attached hydrogens (primary N) is 1. The molecule has 0 atom stereocenters. The predicted octanol–water partition coefficient (Wildman–Crippen LogP) is 3.64.